The maximum atomic E-state index is 12.9. The van der Waals surface area contributed by atoms with E-state index >= 15 is 0 Å². The highest BCUT2D eigenvalue weighted by Gasteiger charge is 2.31. The largest absolute Gasteiger partial charge is 0.465 e. The molecule has 24 heavy (non-hydrogen) atoms. The fraction of sp³-hybridized carbons (Fsp3) is 0.438. The molecular weight excluding hydrogens is 348 g/mol. The van der Waals surface area contributed by atoms with Gasteiger partial charge in [-0.25, -0.2) is 17.9 Å². The van der Waals surface area contributed by atoms with Gasteiger partial charge in [0, 0.05) is 22.2 Å². The number of carbonyl (C=O) groups is 1. The molecule has 3 N–H and O–H groups in total. The van der Waals surface area contributed by atoms with Gasteiger partial charge >= 0.3 is 5.97 Å². The number of ether oxygens (including phenoxy) is 1. The number of methoxy groups -OCH3 is 1. The second kappa shape index (κ2) is 7.18. The number of hydrogen-bond donors (Lipinski definition) is 2. The summed E-state index contributed by atoms with van der Waals surface area (Å²) in [6.45, 7) is 3.93. The van der Waals surface area contributed by atoms with Gasteiger partial charge in [0.25, 0.3) is 0 Å². The van der Waals surface area contributed by atoms with Crippen LogP contribution in [0.2, 0.25) is 0 Å². The second-order valence-electron chi connectivity index (χ2n) is 5.64. The first kappa shape index (κ1) is 18.9. The molecule has 0 aliphatic heterocycles. The summed E-state index contributed by atoms with van der Waals surface area (Å²) in [6.07, 6.45) is 1.28. The number of carbonyl (C=O) groups excluding carboxylic acids is 1. The van der Waals surface area contributed by atoms with Gasteiger partial charge in [-0.05, 0) is 18.9 Å². The summed E-state index contributed by atoms with van der Waals surface area (Å²) >= 11 is 1.10. The Labute approximate surface area is 146 Å². The second-order valence-corrected chi connectivity index (χ2v) is 8.40. The van der Waals surface area contributed by atoms with Crippen molar-refractivity contribution in [2.75, 3.05) is 13.7 Å². The highest BCUT2D eigenvalue weighted by atomic mass is 32.2. The number of nitrogens with one attached hydrogen (secondary N) is 1. The number of sulfonamides is 1. The van der Waals surface area contributed by atoms with Crippen LogP contribution < -0.4 is 10.5 Å². The van der Waals surface area contributed by atoms with Crippen LogP contribution in [0.1, 0.15) is 36.4 Å². The first-order valence-electron chi connectivity index (χ1n) is 7.66. The van der Waals surface area contributed by atoms with E-state index in [0.29, 0.717) is 22.9 Å². The minimum atomic E-state index is -3.90. The monoisotopic (exact) mass is 370 g/mol. The lowest BCUT2D eigenvalue weighted by atomic mass is 9.95. The van der Waals surface area contributed by atoms with Crippen LogP contribution in [0.5, 0.6) is 0 Å². The van der Waals surface area contributed by atoms with Gasteiger partial charge in [-0.3, -0.25) is 0 Å². The topological polar surface area (TPSA) is 98.5 Å². The Kier molecular flexibility index (Phi) is 5.64. The Morgan fingerprint density at radius 2 is 1.92 bits per heavy atom. The number of nitrogens with two attached hydrogens (primary N) is 1. The highest BCUT2D eigenvalue weighted by molar-refractivity contribution is 7.90. The summed E-state index contributed by atoms with van der Waals surface area (Å²) in [5, 5.41) is 0.506. The van der Waals surface area contributed by atoms with Crippen LogP contribution in [-0.2, 0) is 14.8 Å². The van der Waals surface area contributed by atoms with Crippen LogP contribution >= 0.6 is 11.3 Å². The molecule has 0 saturated carbocycles. The van der Waals surface area contributed by atoms with E-state index in [0.717, 1.165) is 11.3 Å². The molecular formula is C16H22N2O4S2. The summed E-state index contributed by atoms with van der Waals surface area (Å²) in [5.74, 6) is -0.665. The van der Waals surface area contributed by atoms with Gasteiger partial charge in [0.1, 0.15) is 9.77 Å². The van der Waals surface area contributed by atoms with Crippen molar-refractivity contribution in [2.45, 2.75) is 37.1 Å². The molecule has 6 nitrogen and oxygen atoms in total. The molecule has 0 atom stereocenters. The SMILES string of the molecule is CCC(N)(CC)CNS(=O)(=O)c1c(C(=O)OC)sc2ccccc12. The molecule has 132 valence electrons. The molecule has 1 aromatic carbocycles. The quantitative estimate of drug-likeness (QED) is 0.730. The third-order valence-corrected chi connectivity index (χ3v) is 6.98. The van der Waals surface area contributed by atoms with Gasteiger partial charge < -0.3 is 10.5 Å². The first-order valence-corrected chi connectivity index (χ1v) is 9.96. The minimum absolute atomic E-state index is 0.0375. The van der Waals surface area contributed by atoms with Crippen molar-refractivity contribution in [1.29, 1.82) is 0 Å². The van der Waals surface area contributed by atoms with Gasteiger partial charge in [-0.1, -0.05) is 32.0 Å². The van der Waals surface area contributed by atoms with E-state index in [9.17, 15) is 13.2 Å². The lowest BCUT2D eigenvalue weighted by Gasteiger charge is -2.26. The predicted octanol–water partition coefficient (Wildman–Crippen LogP) is 2.48. The Balaban J connectivity index is 2.51. The Bertz CT molecular complexity index is 839. The number of esters is 1. The van der Waals surface area contributed by atoms with Crippen LogP contribution in [0.15, 0.2) is 29.2 Å². The van der Waals surface area contributed by atoms with Crippen molar-refractivity contribution in [2.24, 2.45) is 5.73 Å². The van der Waals surface area contributed by atoms with E-state index in [2.05, 4.69) is 4.72 Å². The van der Waals surface area contributed by atoms with E-state index in [1.165, 1.54) is 7.11 Å². The number of benzene rings is 1. The van der Waals surface area contributed by atoms with Gasteiger partial charge in [-0.15, -0.1) is 11.3 Å². The molecule has 0 radical (unpaired) electrons. The van der Waals surface area contributed by atoms with Crippen LogP contribution in [0.4, 0.5) is 0 Å². The third kappa shape index (κ3) is 3.61. The lowest BCUT2D eigenvalue weighted by molar-refractivity contribution is 0.0602. The van der Waals surface area contributed by atoms with Gasteiger partial charge in [0.2, 0.25) is 10.0 Å². The zero-order chi connectivity index (χ0) is 18.0. The van der Waals surface area contributed by atoms with Crippen molar-refractivity contribution in [1.82, 2.24) is 4.72 Å². The normalized spacial score (nSPS) is 12.5. The van der Waals surface area contributed by atoms with Crippen molar-refractivity contribution in [3.63, 3.8) is 0 Å². The van der Waals surface area contributed by atoms with Gasteiger partial charge in [-0.2, -0.15) is 0 Å². The Morgan fingerprint density at radius 3 is 2.50 bits per heavy atom. The van der Waals surface area contributed by atoms with Crippen LogP contribution in [0.25, 0.3) is 10.1 Å². The Morgan fingerprint density at radius 1 is 1.29 bits per heavy atom. The average Bonchev–Trinajstić information content (AvgIpc) is 2.99. The van der Waals surface area contributed by atoms with E-state index < -0.39 is 21.5 Å². The fourth-order valence-corrected chi connectivity index (χ4v) is 5.28. The summed E-state index contributed by atoms with van der Waals surface area (Å²) in [6, 6.07) is 6.99. The summed E-state index contributed by atoms with van der Waals surface area (Å²) in [7, 11) is -2.67. The van der Waals surface area contributed by atoms with Crippen LogP contribution in [0.3, 0.4) is 0 Å². The smallest absolute Gasteiger partial charge is 0.349 e. The molecule has 0 aliphatic rings. The molecule has 0 aliphatic carbocycles. The average molecular weight is 370 g/mol. The van der Waals surface area contributed by atoms with Gasteiger partial charge in [0.05, 0.1) is 7.11 Å². The molecule has 0 spiro atoms. The van der Waals surface area contributed by atoms with Crippen molar-refractivity contribution < 1.29 is 17.9 Å². The number of rotatable bonds is 7. The van der Waals surface area contributed by atoms with E-state index in [4.69, 9.17) is 10.5 Å². The minimum Gasteiger partial charge on any atom is -0.465 e. The standard InChI is InChI=1S/C16H22N2O4S2/c1-4-16(17,5-2)10-18-24(20,21)14-11-8-6-7-9-12(11)23-13(14)15(19)22-3/h6-9,18H,4-5,10,17H2,1-3H3. The molecule has 1 heterocycles. The van der Waals surface area contributed by atoms with Crippen molar-refractivity contribution in [3.8, 4) is 0 Å². The van der Waals surface area contributed by atoms with E-state index in [1.54, 1.807) is 24.3 Å². The summed E-state index contributed by atoms with van der Waals surface area (Å²) in [5.41, 5.74) is 5.56. The van der Waals surface area contributed by atoms with Crippen molar-refractivity contribution in [3.05, 3.63) is 29.1 Å². The zero-order valence-corrected chi connectivity index (χ0v) is 15.6. The molecule has 2 aromatic rings. The lowest BCUT2D eigenvalue weighted by Crippen LogP contribution is -2.49. The maximum absolute atomic E-state index is 12.9. The van der Waals surface area contributed by atoms with E-state index in [-0.39, 0.29) is 16.3 Å². The molecule has 2 rings (SSSR count). The molecule has 0 unspecified atom stereocenters. The summed E-state index contributed by atoms with van der Waals surface area (Å²) in [4.78, 5) is 12.1. The van der Waals surface area contributed by atoms with Crippen LogP contribution in [-0.4, -0.2) is 33.6 Å². The first-order chi connectivity index (χ1) is 11.3. The number of hydrogen-bond acceptors (Lipinski definition) is 6. The van der Waals surface area contributed by atoms with Gasteiger partial charge in [0.15, 0.2) is 0 Å². The van der Waals surface area contributed by atoms with E-state index in [1.807, 2.05) is 13.8 Å². The third-order valence-electron chi connectivity index (χ3n) is 4.21. The predicted molar refractivity (Wildman–Crippen MR) is 95.9 cm³/mol. The number of thiophene rings is 1. The highest BCUT2D eigenvalue weighted by Crippen LogP contribution is 2.35. The maximum Gasteiger partial charge on any atom is 0.349 e. The molecule has 8 heteroatoms. The molecule has 0 saturated heterocycles. The summed E-state index contributed by atoms with van der Waals surface area (Å²) < 4.78 is 33.7. The number of fused-ring (bicyclic) bond motifs is 1. The molecule has 0 bridgehead atoms. The van der Waals surface area contributed by atoms with Crippen LogP contribution in [0, 0.1) is 0 Å². The molecule has 0 amide bonds. The Hall–Kier alpha value is -1.48. The zero-order valence-electron chi connectivity index (χ0n) is 14.0. The molecule has 1 aromatic heterocycles. The fourth-order valence-electron chi connectivity index (χ4n) is 2.33. The van der Waals surface area contributed by atoms with Crippen molar-refractivity contribution >= 4 is 37.4 Å². The molecule has 0 fully saturated rings.